The lowest BCUT2D eigenvalue weighted by molar-refractivity contribution is -0.132. The summed E-state index contributed by atoms with van der Waals surface area (Å²) in [6, 6.07) is 5.97. The van der Waals surface area contributed by atoms with Crippen LogP contribution in [0.3, 0.4) is 0 Å². The number of nitrogens with zero attached hydrogens (tertiary/aromatic N) is 3. The van der Waals surface area contributed by atoms with Gasteiger partial charge in [0.15, 0.2) is 11.5 Å². The van der Waals surface area contributed by atoms with E-state index in [1.807, 2.05) is 32.9 Å². The number of benzene rings is 1. The molecule has 0 bridgehead atoms. The maximum atomic E-state index is 12.6. The van der Waals surface area contributed by atoms with E-state index in [-0.39, 0.29) is 18.7 Å². The molecule has 0 aromatic heterocycles. The van der Waals surface area contributed by atoms with Gasteiger partial charge >= 0.3 is 6.03 Å². The zero-order chi connectivity index (χ0) is 18.6. The summed E-state index contributed by atoms with van der Waals surface area (Å²) in [5.41, 5.74) is 1.08. The van der Waals surface area contributed by atoms with Crippen molar-refractivity contribution in [3.05, 3.63) is 23.8 Å². The van der Waals surface area contributed by atoms with Gasteiger partial charge in [0.05, 0.1) is 0 Å². The molecule has 2 saturated heterocycles. The first-order chi connectivity index (χ1) is 13.2. The van der Waals surface area contributed by atoms with E-state index in [2.05, 4.69) is 0 Å². The van der Waals surface area contributed by atoms with Crippen molar-refractivity contribution in [1.82, 2.24) is 14.7 Å². The largest absolute Gasteiger partial charge is 0.454 e. The van der Waals surface area contributed by atoms with Crippen molar-refractivity contribution in [2.45, 2.75) is 32.1 Å². The smallest absolute Gasteiger partial charge is 0.320 e. The average molecular weight is 373 g/mol. The molecular weight excluding hydrogens is 346 g/mol. The van der Waals surface area contributed by atoms with E-state index >= 15 is 0 Å². The molecule has 0 atom stereocenters. The third-order valence-electron chi connectivity index (χ3n) is 5.59. The standard InChI is InChI=1S/C20H27N3O4/c24-19(7-5-16-4-6-17-18(14-16)27-15-26-17)21-10-12-23(13-11-21)20(25)22-8-2-1-3-9-22/h4,6,14H,1-3,5,7-13,15H2. The minimum atomic E-state index is 0.141. The highest BCUT2D eigenvalue weighted by atomic mass is 16.7. The Morgan fingerprint density at radius 3 is 2.26 bits per heavy atom. The number of carbonyl (C=O) groups is 2. The first-order valence-electron chi connectivity index (χ1n) is 9.91. The van der Waals surface area contributed by atoms with Gasteiger partial charge in [-0.3, -0.25) is 4.79 Å². The predicted octanol–water partition coefficient (Wildman–Crippen LogP) is 2.10. The minimum absolute atomic E-state index is 0.141. The van der Waals surface area contributed by atoms with Crippen LogP contribution in [-0.2, 0) is 11.2 Å². The molecule has 0 unspecified atom stereocenters. The Labute approximate surface area is 159 Å². The number of ether oxygens (including phenoxy) is 2. The number of likely N-dealkylation sites (tertiary alicyclic amines) is 1. The van der Waals surface area contributed by atoms with Gasteiger partial charge in [0.1, 0.15) is 0 Å². The Hall–Kier alpha value is -2.44. The second-order valence-corrected chi connectivity index (χ2v) is 7.39. The number of fused-ring (bicyclic) bond motifs is 1. The van der Waals surface area contributed by atoms with E-state index < -0.39 is 0 Å². The summed E-state index contributed by atoms with van der Waals surface area (Å²) in [7, 11) is 0. The number of hydrogen-bond donors (Lipinski definition) is 0. The van der Waals surface area contributed by atoms with Crippen LogP contribution in [0.2, 0.25) is 0 Å². The van der Waals surface area contributed by atoms with Crippen LogP contribution < -0.4 is 9.47 Å². The number of amides is 3. The van der Waals surface area contributed by atoms with Gasteiger partial charge in [-0.25, -0.2) is 4.79 Å². The van der Waals surface area contributed by atoms with E-state index in [0.29, 0.717) is 39.0 Å². The second-order valence-electron chi connectivity index (χ2n) is 7.39. The highest BCUT2D eigenvalue weighted by Crippen LogP contribution is 2.32. The molecule has 0 N–H and O–H groups in total. The van der Waals surface area contributed by atoms with Crippen molar-refractivity contribution in [2.24, 2.45) is 0 Å². The maximum Gasteiger partial charge on any atom is 0.320 e. The van der Waals surface area contributed by atoms with E-state index in [9.17, 15) is 9.59 Å². The van der Waals surface area contributed by atoms with E-state index in [0.717, 1.165) is 43.0 Å². The Morgan fingerprint density at radius 2 is 1.48 bits per heavy atom. The second kappa shape index (κ2) is 8.06. The van der Waals surface area contributed by atoms with Crippen molar-refractivity contribution >= 4 is 11.9 Å². The molecule has 0 aliphatic carbocycles. The van der Waals surface area contributed by atoms with Gasteiger partial charge in [-0.05, 0) is 43.4 Å². The zero-order valence-electron chi connectivity index (χ0n) is 15.7. The van der Waals surface area contributed by atoms with Gasteiger partial charge in [0, 0.05) is 45.7 Å². The summed E-state index contributed by atoms with van der Waals surface area (Å²) in [5, 5.41) is 0. The van der Waals surface area contributed by atoms with Gasteiger partial charge in [-0.2, -0.15) is 0 Å². The first-order valence-corrected chi connectivity index (χ1v) is 9.91. The Kier molecular flexibility index (Phi) is 5.36. The quantitative estimate of drug-likeness (QED) is 0.814. The maximum absolute atomic E-state index is 12.6. The molecular formula is C20H27N3O4. The summed E-state index contributed by atoms with van der Waals surface area (Å²) < 4.78 is 10.7. The SMILES string of the molecule is O=C(CCc1ccc2c(c1)OCO2)N1CCN(C(=O)N2CCCCC2)CC1. The van der Waals surface area contributed by atoms with Crippen LogP contribution in [0.15, 0.2) is 18.2 Å². The topological polar surface area (TPSA) is 62.3 Å². The third-order valence-corrected chi connectivity index (χ3v) is 5.59. The van der Waals surface area contributed by atoms with Crippen LogP contribution in [0, 0.1) is 0 Å². The fraction of sp³-hybridized carbons (Fsp3) is 0.600. The summed E-state index contributed by atoms with van der Waals surface area (Å²) in [5.74, 6) is 1.67. The fourth-order valence-corrected chi connectivity index (χ4v) is 3.94. The number of carbonyl (C=O) groups excluding carboxylic acids is 2. The summed E-state index contributed by atoms with van der Waals surface area (Å²) in [6.07, 6.45) is 4.58. The summed E-state index contributed by atoms with van der Waals surface area (Å²) >= 11 is 0. The molecule has 1 aromatic rings. The average Bonchev–Trinajstić information content (AvgIpc) is 3.20. The molecule has 3 aliphatic rings. The fourth-order valence-electron chi connectivity index (χ4n) is 3.94. The van der Waals surface area contributed by atoms with Crippen molar-refractivity contribution in [3.63, 3.8) is 0 Å². The molecule has 7 heteroatoms. The van der Waals surface area contributed by atoms with Crippen molar-refractivity contribution in [3.8, 4) is 11.5 Å². The highest BCUT2D eigenvalue weighted by Gasteiger charge is 2.27. The van der Waals surface area contributed by atoms with Crippen molar-refractivity contribution < 1.29 is 19.1 Å². The summed E-state index contributed by atoms with van der Waals surface area (Å²) in [6.45, 7) is 4.51. The van der Waals surface area contributed by atoms with E-state index in [4.69, 9.17) is 9.47 Å². The Balaban J connectivity index is 1.23. The number of aryl methyl sites for hydroxylation is 1. The lowest BCUT2D eigenvalue weighted by Crippen LogP contribution is -2.54. The van der Waals surface area contributed by atoms with Crippen LogP contribution in [0.5, 0.6) is 11.5 Å². The minimum Gasteiger partial charge on any atom is -0.454 e. The molecule has 0 saturated carbocycles. The number of piperazine rings is 1. The highest BCUT2D eigenvalue weighted by molar-refractivity contribution is 5.78. The number of urea groups is 1. The molecule has 2 fully saturated rings. The van der Waals surface area contributed by atoms with Gasteiger partial charge in [-0.15, -0.1) is 0 Å². The lowest BCUT2D eigenvalue weighted by atomic mass is 10.1. The predicted molar refractivity (Wildman–Crippen MR) is 99.9 cm³/mol. The van der Waals surface area contributed by atoms with Crippen LogP contribution in [0.4, 0.5) is 4.79 Å². The molecule has 7 nitrogen and oxygen atoms in total. The lowest BCUT2D eigenvalue weighted by Gasteiger charge is -2.38. The molecule has 0 spiro atoms. The van der Waals surface area contributed by atoms with Gasteiger partial charge in [0.25, 0.3) is 0 Å². The number of rotatable bonds is 3. The Morgan fingerprint density at radius 1 is 0.815 bits per heavy atom. The first kappa shape index (κ1) is 17.9. The normalized spacial score (nSPS) is 19.3. The molecule has 3 heterocycles. The van der Waals surface area contributed by atoms with Crippen LogP contribution in [-0.4, -0.2) is 72.7 Å². The molecule has 146 valence electrons. The van der Waals surface area contributed by atoms with Gasteiger partial charge in [0.2, 0.25) is 12.7 Å². The van der Waals surface area contributed by atoms with Crippen LogP contribution in [0.25, 0.3) is 0 Å². The van der Waals surface area contributed by atoms with E-state index in [1.54, 1.807) is 0 Å². The monoisotopic (exact) mass is 373 g/mol. The van der Waals surface area contributed by atoms with Gasteiger partial charge < -0.3 is 24.2 Å². The number of piperidine rings is 1. The van der Waals surface area contributed by atoms with Gasteiger partial charge in [-0.1, -0.05) is 6.07 Å². The molecule has 1 aromatic carbocycles. The Bertz CT molecular complexity index is 694. The molecule has 27 heavy (non-hydrogen) atoms. The molecule has 4 rings (SSSR count). The van der Waals surface area contributed by atoms with Crippen LogP contribution >= 0.6 is 0 Å². The zero-order valence-corrected chi connectivity index (χ0v) is 15.7. The van der Waals surface area contributed by atoms with Crippen molar-refractivity contribution in [2.75, 3.05) is 46.1 Å². The van der Waals surface area contributed by atoms with Crippen molar-refractivity contribution in [1.29, 1.82) is 0 Å². The van der Waals surface area contributed by atoms with Crippen LogP contribution in [0.1, 0.15) is 31.2 Å². The third kappa shape index (κ3) is 4.12. The molecule has 0 radical (unpaired) electrons. The van der Waals surface area contributed by atoms with E-state index in [1.165, 1.54) is 6.42 Å². The summed E-state index contributed by atoms with van der Waals surface area (Å²) in [4.78, 5) is 30.8. The molecule has 3 amide bonds. The number of hydrogen-bond acceptors (Lipinski definition) is 4. The molecule has 3 aliphatic heterocycles.